The second-order valence-corrected chi connectivity index (χ2v) is 11.3. The highest BCUT2D eigenvalue weighted by molar-refractivity contribution is 7.88. The molecule has 2 fully saturated rings. The van der Waals surface area contributed by atoms with Gasteiger partial charge in [0.25, 0.3) is 0 Å². The van der Waals surface area contributed by atoms with E-state index in [9.17, 15) is 18.0 Å². The van der Waals surface area contributed by atoms with Gasteiger partial charge in [-0.1, -0.05) is 18.2 Å². The lowest BCUT2D eigenvalue weighted by Crippen LogP contribution is -2.49. The highest BCUT2D eigenvalue weighted by Gasteiger charge is 2.39. The molecular formula is C25H36N4O4S. The Balaban J connectivity index is 1.38. The molecule has 0 unspecified atom stereocenters. The number of para-hydroxylation sites is 1. The number of benzene rings is 1. The molecule has 9 heteroatoms. The van der Waals surface area contributed by atoms with Crippen LogP contribution in [-0.4, -0.2) is 72.6 Å². The molecule has 0 bridgehead atoms. The van der Waals surface area contributed by atoms with Crippen molar-refractivity contribution in [3.8, 4) is 0 Å². The van der Waals surface area contributed by atoms with Gasteiger partial charge in [-0.25, -0.2) is 13.1 Å². The van der Waals surface area contributed by atoms with Gasteiger partial charge in [0.05, 0.1) is 6.26 Å². The lowest BCUT2D eigenvalue weighted by Gasteiger charge is -2.31. The molecule has 1 aromatic carbocycles. The first-order valence-electron chi connectivity index (χ1n) is 12.4. The molecule has 8 nitrogen and oxygen atoms in total. The number of amides is 2. The molecule has 2 aliphatic heterocycles. The molecule has 2 aromatic rings. The van der Waals surface area contributed by atoms with Crippen molar-refractivity contribution in [2.75, 3.05) is 25.9 Å². The highest BCUT2D eigenvalue weighted by atomic mass is 32.2. The van der Waals surface area contributed by atoms with E-state index in [-0.39, 0.29) is 30.8 Å². The van der Waals surface area contributed by atoms with Crippen LogP contribution in [0.1, 0.15) is 51.1 Å². The Morgan fingerprint density at radius 2 is 1.82 bits per heavy atom. The van der Waals surface area contributed by atoms with Gasteiger partial charge in [0, 0.05) is 49.9 Å². The Morgan fingerprint density at radius 3 is 2.59 bits per heavy atom. The molecule has 0 saturated carbocycles. The quantitative estimate of drug-likeness (QED) is 0.587. The summed E-state index contributed by atoms with van der Waals surface area (Å²) in [7, 11) is -3.33. The Labute approximate surface area is 202 Å². The zero-order valence-corrected chi connectivity index (χ0v) is 21.0. The number of sulfonamides is 1. The second kappa shape index (κ2) is 10.5. The molecule has 0 aliphatic carbocycles. The molecule has 1 N–H and O–H groups in total. The third-order valence-electron chi connectivity index (χ3n) is 7.17. The number of aromatic nitrogens is 1. The second-order valence-electron chi connectivity index (χ2n) is 9.47. The van der Waals surface area contributed by atoms with E-state index in [0.29, 0.717) is 13.0 Å². The summed E-state index contributed by atoms with van der Waals surface area (Å²) in [5.74, 6) is -0.101. The number of aryl methyl sites for hydroxylation is 2. The minimum Gasteiger partial charge on any atom is -0.345 e. The first-order chi connectivity index (χ1) is 16.3. The topological polar surface area (TPSA) is 91.7 Å². The van der Waals surface area contributed by atoms with Crippen LogP contribution in [0.15, 0.2) is 30.3 Å². The number of nitrogens with one attached hydrogen (secondary N) is 1. The van der Waals surface area contributed by atoms with Crippen LogP contribution in [-0.2, 0) is 32.6 Å². The Bertz CT molecular complexity index is 1140. The summed E-state index contributed by atoms with van der Waals surface area (Å²) in [6.07, 6.45) is 6.45. The maximum absolute atomic E-state index is 13.5. The lowest BCUT2D eigenvalue weighted by molar-refractivity contribution is -0.144. The SMILES string of the molecule is CCn1c(CC[C@@H]2CCCN2C(=O)[C@H]2CCCN2C(=O)CCNS(C)(=O)=O)cc2ccccc21. The number of likely N-dealkylation sites (tertiary alicyclic amines) is 2. The van der Waals surface area contributed by atoms with Crippen molar-refractivity contribution < 1.29 is 18.0 Å². The third-order valence-corrected chi connectivity index (χ3v) is 7.90. The third kappa shape index (κ3) is 5.46. The number of rotatable bonds is 9. The number of carbonyl (C=O) groups excluding carboxylic acids is 2. The van der Waals surface area contributed by atoms with E-state index in [1.54, 1.807) is 4.90 Å². The normalized spacial score (nSPS) is 21.0. The van der Waals surface area contributed by atoms with E-state index in [2.05, 4.69) is 46.5 Å². The van der Waals surface area contributed by atoms with Crippen molar-refractivity contribution in [2.45, 2.75) is 70.5 Å². The van der Waals surface area contributed by atoms with Gasteiger partial charge in [-0.05, 0) is 63.0 Å². The van der Waals surface area contributed by atoms with Gasteiger partial charge < -0.3 is 14.4 Å². The van der Waals surface area contributed by atoms with Crippen molar-refractivity contribution in [1.29, 1.82) is 0 Å². The monoisotopic (exact) mass is 488 g/mol. The maximum atomic E-state index is 13.5. The minimum atomic E-state index is -3.33. The first-order valence-corrected chi connectivity index (χ1v) is 14.3. The van der Waals surface area contributed by atoms with E-state index in [1.165, 1.54) is 16.6 Å². The van der Waals surface area contributed by atoms with Crippen LogP contribution in [0.25, 0.3) is 10.9 Å². The first kappa shape index (κ1) is 24.7. The predicted molar refractivity (Wildman–Crippen MR) is 133 cm³/mol. The lowest BCUT2D eigenvalue weighted by atomic mass is 10.1. The van der Waals surface area contributed by atoms with E-state index < -0.39 is 16.1 Å². The van der Waals surface area contributed by atoms with Crippen LogP contribution in [0.5, 0.6) is 0 Å². The Morgan fingerprint density at radius 1 is 1.09 bits per heavy atom. The minimum absolute atomic E-state index is 0.0560. The number of fused-ring (bicyclic) bond motifs is 1. The smallest absolute Gasteiger partial charge is 0.245 e. The van der Waals surface area contributed by atoms with Gasteiger partial charge in [0.1, 0.15) is 6.04 Å². The fourth-order valence-electron chi connectivity index (χ4n) is 5.59. The summed E-state index contributed by atoms with van der Waals surface area (Å²) in [4.78, 5) is 29.9. The van der Waals surface area contributed by atoms with Crippen LogP contribution in [0.3, 0.4) is 0 Å². The molecule has 2 amide bonds. The van der Waals surface area contributed by atoms with Gasteiger partial charge >= 0.3 is 0 Å². The van der Waals surface area contributed by atoms with Gasteiger partial charge in [-0.2, -0.15) is 0 Å². The van der Waals surface area contributed by atoms with Gasteiger partial charge in [-0.3, -0.25) is 9.59 Å². The summed E-state index contributed by atoms with van der Waals surface area (Å²) in [6.45, 7) is 4.45. The summed E-state index contributed by atoms with van der Waals surface area (Å²) >= 11 is 0. The Hall–Kier alpha value is -2.39. The van der Waals surface area contributed by atoms with E-state index in [1.807, 2.05) is 4.90 Å². The Kier molecular flexibility index (Phi) is 7.62. The van der Waals surface area contributed by atoms with Crippen LogP contribution in [0.2, 0.25) is 0 Å². The average molecular weight is 489 g/mol. The molecule has 3 heterocycles. The average Bonchev–Trinajstić information content (AvgIpc) is 3.54. The number of hydrogen-bond acceptors (Lipinski definition) is 4. The molecule has 2 aliphatic rings. The van der Waals surface area contributed by atoms with Gasteiger partial charge in [0.15, 0.2) is 0 Å². The molecular weight excluding hydrogens is 452 g/mol. The molecule has 34 heavy (non-hydrogen) atoms. The molecule has 186 valence electrons. The summed E-state index contributed by atoms with van der Waals surface area (Å²) < 4.78 is 27.3. The van der Waals surface area contributed by atoms with Crippen LogP contribution in [0, 0.1) is 0 Å². The molecule has 1 aromatic heterocycles. The van der Waals surface area contributed by atoms with E-state index in [4.69, 9.17) is 0 Å². The summed E-state index contributed by atoms with van der Waals surface area (Å²) in [6, 6.07) is 10.5. The predicted octanol–water partition coefficient (Wildman–Crippen LogP) is 2.52. The summed E-state index contributed by atoms with van der Waals surface area (Å²) in [5, 5.41) is 1.25. The van der Waals surface area contributed by atoms with Gasteiger partial charge in [0.2, 0.25) is 21.8 Å². The zero-order valence-electron chi connectivity index (χ0n) is 20.2. The van der Waals surface area contributed by atoms with Crippen molar-refractivity contribution >= 4 is 32.7 Å². The summed E-state index contributed by atoms with van der Waals surface area (Å²) in [5.41, 5.74) is 2.56. The van der Waals surface area contributed by atoms with E-state index in [0.717, 1.165) is 51.4 Å². The van der Waals surface area contributed by atoms with Gasteiger partial charge in [-0.15, -0.1) is 0 Å². The largest absolute Gasteiger partial charge is 0.345 e. The fourth-order valence-corrected chi connectivity index (χ4v) is 6.06. The van der Waals surface area contributed by atoms with E-state index >= 15 is 0 Å². The molecule has 2 atom stereocenters. The molecule has 4 rings (SSSR count). The van der Waals surface area contributed by atoms with Crippen molar-refractivity contribution in [2.24, 2.45) is 0 Å². The van der Waals surface area contributed by atoms with Crippen LogP contribution in [0.4, 0.5) is 0 Å². The molecule has 0 spiro atoms. The zero-order chi connectivity index (χ0) is 24.3. The van der Waals surface area contributed by atoms with Crippen molar-refractivity contribution in [3.63, 3.8) is 0 Å². The number of nitrogens with zero attached hydrogens (tertiary/aromatic N) is 3. The maximum Gasteiger partial charge on any atom is 0.245 e. The highest BCUT2D eigenvalue weighted by Crippen LogP contribution is 2.28. The molecule has 2 saturated heterocycles. The standard InChI is InChI=1S/C25H36N4O4S/c1-3-27-21(18-19-8-4-5-10-22(19)27)13-12-20-9-6-16-28(20)25(31)23-11-7-17-29(23)24(30)14-15-26-34(2,32)33/h4-5,8,10,18,20,23,26H,3,6-7,9,11-17H2,1-2H3/t20-,23+/m0/s1. The van der Waals surface area contributed by atoms with Crippen molar-refractivity contribution in [1.82, 2.24) is 19.1 Å². The molecule has 0 radical (unpaired) electrons. The van der Waals surface area contributed by atoms with Crippen LogP contribution >= 0.6 is 0 Å². The number of hydrogen-bond donors (Lipinski definition) is 1. The van der Waals surface area contributed by atoms with Crippen LogP contribution < -0.4 is 4.72 Å². The van der Waals surface area contributed by atoms with Crippen molar-refractivity contribution in [3.05, 3.63) is 36.0 Å². The fraction of sp³-hybridized carbons (Fsp3) is 0.600. The number of carbonyl (C=O) groups is 2.